The molecule has 0 unspecified atom stereocenters. The lowest BCUT2D eigenvalue weighted by atomic mass is 10.1. The highest BCUT2D eigenvalue weighted by atomic mass is 35.5. The van der Waals surface area contributed by atoms with Crippen LogP contribution in [0.3, 0.4) is 0 Å². The Morgan fingerprint density at radius 2 is 1.93 bits per heavy atom. The zero-order chi connectivity index (χ0) is 21.3. The monoisotopic (exact) mass is 439 g/mol. The van der Waals surface area contributed by atoms with Crippen molar-refractivity contribution in [1.29, 1.82) is 0 Å². The molecule has 0 fully saturated rings. The maximum Gasteiger partial charge on any atom is 0.262 e. The van der Waals surface area contributed by atoms with Crippen LogP contribution in [0.2, 0.25) is 10.0 Å². The van der Waals surface area contributed by atoms with Crippen molar-refractivity contribution in [1.82, 2.24) is 9.38 Å². The van der Waals surface area contributed by atoms with Crippen LogP contribution in [-0.2, 0) is 4.79 Å². The summed E-state index contributed by atoms with van der Waals surface area (Å²) in [7, 11) is 0. The third-order valence-electron chi connectivity index (χ3n) is 4.68. The molecule has 0 radical (unpaired) electrons. The fourth-order valence-corrected chi connectivity index (χ4v) is 3.52. The Morgan fingerprint density at radius 1 is 1.10 bits per heavy atom. The first-order valence-electron chi connectivity index (χ1n) is 9.33. The van der Waals surface area contributed by atoms with Crippen molar-refractivity contribution in [3.8, 4) is 17.0 Å². The quantitative estimate of drug-likeness (QED) is 0.418. The summed E-state index contributed by atoms with van der Waals surface area (Å²) < 4.78 is 7.49. The Balaban J connectivity index is 1.50. The van der Waals surface area contributed by atoms with Crippen molar-refractivity contribution in [2.75, 3.05) is 11.9 Å². The minimum absolute atomic E-state index is 0.168. The van der Waals surface area contributed by atoms with E-state index in [9.17, 15) is 4.79 Å². The summed E-state index contributed by atoms with van der Waals surface area (Å²) in [4.78, 5) is 17.1. The SMILES string of the molecule is Cc1ccn2cc(-c3ccc(C)c(NC(=O)COc4ccc(Cl)cc4Cl)c3)nc2c1. The zero-order valence-electron chi connectivity index (χ0n) is 16.4. The lowest BCUT2D eigenvalue weighted by Gasteiger charge is -2.11. The number of fused-ring (bicyclic) bond motifs is 1. The molecule has 7 heteroatoms. The van der Waals surface area contributed by atoms with Crippen LogP contribution in [0.1, 0.15) is 11.1 Å². The second-order valence-electron chi connectivity index (χ2n) is 7.04. The fourth-order valence-electron chi connectivity index (χ4n) is 3.06. The normalized spacial score (nSPS) is 10.9. The number of amides is 1. The van der Waals surface area contributed by atoms with E-state index >= 15 is 0 Å². The molecule has 4 rings (SSSR count). The topological polar surface area (TPSA) is 55.6 Å². The Kier molecular flexibility index (Phi) is 5.66. The smallest absolute Gasteiger partial charge is 0.262 e. The number of nitrogens with zero attached hydrogens (tertiary/aromatic N) is 2. The summed E-state index contributed by atoms with van der Waals surface area (Å²) in [5.41, 5.74) is 5.42. The lowest BCUT2D eigenvalue weighted by molar-refractivity contribution is -0.118. The Labute approximate surface area is 184 Å². The van der Waals surface area contributed by atoms with Crippen LogP contribution in [0.5, 0.6) is 5.75 Å². The number of rotatable bonds is 5. The molecular weight excluding hydrogens is 421 g/mol. The number of ether oxygens (including phenoxy) is 1. The molecule has 2 aromatic carbocycles. The van der Waals surface area contributed by atoms with Gasteiger partial charge in [0.1, 0.15) is 11.4 Å². The van der Waals surface area contributed by atoms with Gasteiger partial charge in [-0.05, 0) is 61.4 Å². The van der Waals surface area contributed by atoms with E-state index in [1.165, 1.54) is 0 Å². The number of aromatic nitrogens is 2. The van der Waals surface area contributed by atoms with Gasteiger partial charge in [0.25, 0.3) is 5.91 Å². The van der Waals surface area contributed by atoms with E-state index < -0.39 is 0 Å². The van der Waals surface area contributed by atoms with E-state index in [-0.39, 0.29) is 12.5 Å². The van der Waals surface area contributed by atoms with Gasteiger partial charge in [-0.3, -0.25) is 4.79 Å². The molecule has 1 N–H and O–H groups in total. The van der Waals surface area contributed by atoms with E-state index in [2.05, 4.69) is 10.3 Å². The molecule has 2 heterocycles. The maximum atomic E-state index is 12.4. The lowest BCUT2D eigenvalue weighted by Crippen LogP contribution is -2.20. The van der Waals surface area contributed by atoms with E-state index in [4.69, 9.17) is 27.9 Å². The van der Waals surface area contributed by atoms with Crippen LogP contribution in [0.4, 0.5) is 5.69 Å². The van der Waals surface area contributed by atoms with Gasteiger partial charge in [-0.1, -0.05) is 35.3 Å². The second-order valence-corrected chi connectivity index (χ2v) is 7.88. The number of carbonyl (C=O) groups is 1. The van der Waals surface area contributed by atoms with Crippen molar-refractivity contribution in [2.45, 2.75) is 13.8 Å². The van der Waals surface area contributed by atoms with Crippen molar-refractivity contribution in [2.24, 2.45) is 0 Å². The molecular formula is C23H19Cl2N3O2. The first-order chi connectivity index (χ1) is 14.4. The molecule has 152 valence electrons. The summed E-state index contributed by atoms with van der Waals surface area (Å²) in [6.45, 7) is 3.80. The molecule has 4 aromatic rings. The summed E-state index contributed by atoms with van der Waals surface area (Å²) in [5, 5.41) is 3.76. The molecule has 2 aromatic heterocycles. The van der Waals surface area contributed by atoms with Gasteiger partial charge in [0.2, 0.25) is 0 Å². The van der Waals surface area contributed by atoms with Crippen LogP contribution in [0, 0.1) is 13.8 Å². The van der Waals surface area contributed by atoms with Gasteiger partial charge in [0.05, 0.1) is 10.7 Å². The second kappa shape index (κ2) is 8.38. The molecule has 0 bridgehead atoms. The third-order valence-corrected chi connectivity index (χ3v) is 5.21. The van der Waals surface area contributed by atoms with Gasteiger partial charge >= 0.3 is 0 Å². The molecule has 0 spiro atoms. The summed E-state index contributed by atoms with van der Waals surface area (Å²) in [6, 6.07) is 14.8. The van der Waals surface area contributed by atoms with Crippen LogP contribution in [-0.4, -0.2) is 21.9 Å². The minimum atomic E-state index is -0.285. The van der Waals surface area contributed by atoms with Crippen molar-refractivity contribution in [3.05, 3.63) is 82.1 Å². The van der Waals surface area contributed by atoms with Crippen LogP contribution < -0.4 is 10.1 Å². The van der Waals surface area contributed by atoms with Crippen LogP contribution >= 0.6 is 23.2 Å². The summed E-state index contributed by atoms with van der Waals surface area (Å²) in [5.74, 6) is 0.119. The van der Waals surface area contributed by atoms with Gasteiger partial charge in [-0.2, -0.15) is 0 Å². The predicted octanol–water partition coefficient (Wildman–Crippen LogP) is 5.94. The molecule has 0 aliphatic rings. The number of hydrogen-bond donors (Lipinski definition) is 1. The van der Waals surface area contributed by atoms with Crippen molar-refractivity contribution in [3.63, 3.8) is 0 Å². The Hall–Kier alpha value is -3.02. The number of carbonyl (C=O) groups excluding carboxylic acids is 1. The van der Waals surface area contributed by atoms with Crippen LogP contribution in [0.25, 0.3) is 16.9 Å². The van der Waals surface area contributed by atoms with Gasteiger partial charge in [-0.25, -0.2) is 4.98 Å². The van der Waals surface area contributed by atoms with Crippen molar-refractivity contribution >= 4 is 40.4 Å². The molecule has 5 nitrogen and oxygen atoms in total. The average Bonchev–Trinajstić information content (AvgIpc) is 3.12. The molecule has 0 saturated carbocycles. The maximum absolute atomic E-state index is 12.4. The average molecular weight is 440 g/mol. The third kappa shape index (κ3) is 4.42. The highest BCUT2D eigenvalue weighted by molar-refractivity contribution is 6.35. The highest BCUT2D eigenvalue weighted by Crippen LogP contribution is 2.28. The van der Waals surface area contributed by atoms with Gasteiger partial charge in [-0.15, -0.1) is 0 Å². The van der Waals surface area contributed by atoms with Gasteiger partial charge in [0, 0.05) is 28.7 Å². The molecule has 0 saturated heterocycles. The number of halogens is 2. The number of benzene rings is 2. The molecule has 0 aliphatic heterocycles. The molecule has 0 atom stereocenters. The summed E-state index contributed by atoms with van der Waals surface area (Å²) in [6.07, 6.45) is 3.95. The van der Waals surface area contributed by atoms with E-state index in [0.717, 1.165) is 28.0 Å². The van der Waals surface area contributed by atoms with Gasteiger partial charge < -0.3 is 14.5 Å². The Bertz CT molecular complexity index is 1250. The number of imidazole rings is 1. The van der Waals surface area contributed by atoms with Gasteiger partial charge in [0.15, 0.2) is 6.61 Å². The summed E-state index contributed by atoms with van der Waals surface area (Å²) >= 11 is 12.0. The van der Waals surface area contributed by atoms with Crippen LogP contribution in [0.15, 0.2) is 60.9 Å². The standard InChI is InChI=1S/C23H19Cl2N3O2/c1-14-7-8-28-12-20(26-22(28)9-14)16-4-3-15(2)19(10-16)27-23(29)13-30-21-6-5-17(24)11-18(21)25/h3-12H,13H2,1-2H3,(H,27,29). The largest absolute Gasteiger partial charge is 0.482 e. The number of aryl methyl sites for hydroxylation is 2. The highest BCUT2D eigenvalue weighted by Gasteiger charge is 2.11. The number of pyridine rings is 1. The number of nitrogens with one attached hydrogen (secondary N) is 1. The molecule has 0 aliphatic carbocycles. The van der Waals surface area contributed by atoms with E-state index in [0.29, 0.717) is 21.5 Å². The molecule has 30 heavy (non-hydrogen) atoms. The first-order valence-corrected chi connectivity index (χ1v) is 10.1. The zero-order valence-corrected chi connectivity index (χ0v) is 18.0. The Morgan fingerprint density at radius 3 is 2.73 bits per heavy atom. The number of hydrogen-bond acceptors (Lipinski definition) is 3. The first kappa shape index (κ1) is 20.3. The minimum Gasteiger partial charge on any atom is -0.482 e. The fraction of sp³-hybridized carbons (Fsp3) is 0.130. The van der Waals surface area contributed by atoms with E-state index in [1.54, 1.807) is 18.2 Å². The molecule has 1 amide bonds. The van der Waals surface area contributed by atoms with Crippen molar-refractivity contribution < 1.29 is 9.53 Å². The predicted molar refractivity (Wildman–Crippen MR) is 121 cm³/mol. The number of anilines is 1. The van der Waals surface area contributed by atoms with E-state index in [1.807, 2.05) is 61.0 Å².